The van der Waals surface area contributed by atoms with E-state index in [2.05, 4.69) is 296 Å². The summed E-state index contributed by atoms with van der Waals surface area (Å²) in [5.41, 5.74) is 27.8. The van der Waals surface area contributed by atoms with Gasteiger partial charge in [0.05, 0.1) is 0 Å². The molecule has 0 fully saturated rings. The molecule has 0 saturated heterocycles. The predicted molar refractivity (Wildman–Crippen MR) is 313 cm³/mol. The van der Waals surface area contributed by atoms with E-state index in [0.29, 0.717) is 0 Å². The van der Waals surface area contributed by atoms with Crippen molar-refractivity contribution in [3.63, 3.8) is 0 Å². The SMILES string of the molecule is Cc1cc(-c2ccccc2)ccc1N1c2cc(N(c3ccccc3)c3ccccc3)ccc2B2c3c1cc1c(c3-c3ccc(-c4ccccc4)cc3N2c2ccc(-c3ccccc3)cc2)C(C)(C)c2ccccc2-1. The summed E-state index contributed by atoms with van der Waals surface area (Å²) in [6.45, 7) is 6.97. The molecule has 0 atom stereocenters. The molecule has 0 unspecified atom stereocenters. The maximum Gasteiger partial charge on any atom is 0.333 e. The van der Waals surface area contributed by atoms with Gasteiger partial charge in [0.25, 0.3) is 0 Å². The summed E-state index contributed by atoms with van der Waals surface area (Å²) in [6, 6.07) is 96.5. The molecular formula is C70H52BN3. The lowest BCUT2D eigenvalue weighted by Gasteiger charge is -2.47. The number of rotatable bonds is 8. The Kier molecular flexibility index (Phi) is 10.2. The lowest BCUT2D eigenvalue weighted by Crippen LogP contribution is -2.62. The van der Waals surface area contributed by atoms with Gasteiger partial charge in [-0.05, 0) is 157 Å². The van der Waals surface area contributed by atoms with E-state index in [-0.39, 0.29) is 12.3 Å². The molecule has 0 radical (unpaired) electrons. The highest BCUT2D eigenvalue weighted by molar-refractivity contribution is 6.93. The Hall–Kier alpha value is -9.12. The van der Waals surface area contributed by atoms with Gasteiger partial charge in [0, 0.05) is 56.5 Å². The summed E-state index contributed by atoms with van der Waals surface area (Å²) in [4.78, 5) is 7.67. The first-order valence-electron chi connectivity index (χ1n) is 25.9. The lowest BCUT2D eigenvalue weighted by molar-refractivity contribution is 0.662. The standard InChI is InChI=1S/C70H52BN3/c1-47-43-52(49-23-11-5-12-24-49)36-42-63(47)73-65-45-57(72(54-27-15-7-16-28-54)55-29-17-8-18-30-55)39-41-62(65)71-69-66(73)46-60-58-31-19-20-32-61(58)70(2,3)68(60)67(69)59-40-35-53(50-25-13-6-14-26-50)44-64(59)74(71)56-37-33-51(34-38-56)48-21-9-4-10-22-48/h4-46H,1-3H3. The fourth-order valence-electron chi connectivity index (χ4n) is 12.5. The van der Waals surface area contributed by atoms with Crippen molar-refractivity contribution in [3.05, 3.63) is 278 Å². The Morgan fingerprint density at radius 3 is 1.53 bits per heavy atom. The molecule has 0 spiro atoms. The monoisotopic (exact) mass is 945 g/mol. The van der Waals surface area contributed by atoms with E-state index < -0.39 is 0 Å². The largest absolute Gasteiger partial charge is 0.376 e. The van der Waals surface area contributed by atoms with Gasteiger partial charge in [0.2, 0.25) is 0 Å². The minimum atomic E-state index is -0.274. The topological polar surface area (TPSA) is 9.72 Å². The van der Waals surface area contributed by atoms with Gasteiger partial charge < -0.3 is 14.6 Å². The Balaban J connectivity index is 1.10. The first kappa shape index (κ1) is 43.7. The van der Waals surface area contributed by atoms with Crippen molar-refractivity contribution in [2.24, 2.45) is 0 Å². The number of hydrogen-bond donors (Lipinski definition) is 0. The molecule has 0 amide bonds. The molecule has 4 heteroatoms. The Morgan fingerprint density at radius 1 is 0.378 bits per heavy atom. The van der Waals surface area contributed by atoms with E-state index in [4.69, 9.17) is 0 Å². The van der Waals surface area contributed by atoms with Crippen LogP contribution in [0.2, 0.25) is 0 Å². The molecular weight excluding hydrogens is 894 g/mol. The van der Waals surface area contributed by atoms with Crippen LogP contribution >= 0.6 is 0 Å². The van der Waals surface area contributed by atoms with Gasteiger partial charge in [0.1, 0.15) is 0 Å². The average Bonchev–Trinajstić information content (AvgIpc) is 3.72. The van der Waals surface area contributed by atoms with E-state index in [1.807, 2.05) is 0 Å². The summed E-state index contributed by atoms with van der Waals surface area (Å²) < 4.78 is 0. The van der Waals surface area contributed by atoms with Crippen molar-refractivity contribution in [2.45, 2.75) is 26.2 Å². The van der Waals surface area contributed by atoms with E-state index in [1.165, 1.54) is 94.6 Å². The zero-order valence-corrected chi connectivity index (χ0v) is 41.7. The van der Waals surface area contributed by atoms with Crippen LogP contribution < -0.4 is 25.5 Å². The second-order valence-electron chi connectivity index (χ2n) is 20.5. The van der Waals surface area contributed by atoms with Crippen LogP contribution in [0.4, 0.5) is 45.5 Å². The molecule has 350 valence electrons. The van der Waals surface area contributed by atoms with Crippen molar-refractivity contribution in [1.82, 2.24) is 0 Å². The highest BCUT2D eigenvalue weighted by Gasteiger charge is 2.50. The van der Waals surface area contributed by atoms with Crippen molar-refractivity contribution in [3.8, 4) is 55.6 Å². The molecule has 0 saturated carbocycles. The molecule has 14 rings (SSSR count). The van der Waals surface area contributed by atoms with Crippen LogP contribution in [-0.2, 0) is 5.41 Å². The van der Waals surface area contributed by atoms with Crippen LogP contribution in [0.3, 0.4) is 0 Å². The third kappa shape index (κ3) is 6.90. The quantitative estimate of drug-likeness (QED) is 0.141. The molecule has 11 aromatic rings. The second kappa shape index (κ2) is 17.3. The summed E-state index contributed by atoms with van der Waals surface area (Å²) >= 11 is 0. The number of benzene rings is 11. The molecule has 3 aliphatic rings. The van der Waals surface area contributed by atoms with E-state index in [9.17, 15) is 0 Å². The number of nitrogens with zero attached hydrogens (tertiary/aromatic N) is 3. The van der Waals surface area contributed by atoms with Crippen molar-refractivity contribution < 1.29 is 0 Å². The first-order chi connectivity index (χ1) is 36.4. The molecule has 11 aromatic carbocycles. The average molecular weight is 946 g/mol. The summed E-state index contributed by atoms with van der Waals surface area (Å²) in [5.74, 6) is 0. The van der Waals surface area contributed by atoms with Gasteiger partial charge in [-0.2, -0.15) is 0 Å². The Morgan fingerprint density at radius 2 is 0.905 bits per heavy atom. The van der Waals surface area contributed by atoms with Gasteiger partial charge >= 0.3 is 6.85 Å². The van der Waals surface area contributed by atoms with Crippen LogP contribution in [0.5, 0.6) is 0 Å². The second-order valence-corrected chi connectivity index (χ2v) is 20.5. The van der Waals surface area contributed by atoms with Crippen LogP contribution in [-0.4, -0.2) is 6.85 Å². The number of para-hydroxylation sites is 2. The van der Waals surface area contributed by atoms with Crippen LogP contribution in [0, 0.1) is 6.92 Å². The fraction of sp³-hybridized carbons (Fsp3) is 0.0571. The van der Waals surface area contributed by atoms with Crippen molar-refractivity contribution >= 4 is 63.3 Å². The molecule has 0 aromatic heterocycles. The maximum atomic E-state index is 2.66. The normalized spacial score (nSPS) is 13.4. The predicted octanol–water partition coefficient (Wildman–Crippen LogP) is 17.5. The highest BCUT2D eigenvalue weighted by Crippen LogP contribution is 2.58. The molecule has 3 nitrogen and oxygen atoms in total. The molecule has 0 bridgehead atoms. The highest BCUT2D eigenvalue weighted by atomic mass is 15.2. The van der Waals surface area contributed by atoms with E-state index in [0.717, 1.165) is 34.1 Å². The Bertz CT molecular complexity index is 3890. The first-order valence-corrected chi connectivity index (χ1v) is 25.9. The van der Waals surface area contributed by atoms with Crippen LogP contribution in [0.1, 0.15) is 30.5 Å². The molecule has 74 heavy (non-hydrogen) atoms. The van der Waals surface area contributed by atoms with Crippen LogP contribution in [0.15, 0.2) is 261 Å². The summed E-state index contributed by atoms with van der Waals surface area (Å²) in [5, 5.41) is 0. The van der Waals surface area contributed by atoms with E-state index >= 15 is 0 Å². The Labute approximate surface area is 435 Å². The zero-order valence-electron chi connectivity index (χ0n) is 41.7. The lowest BCUT2D eigenvalue weighted by atomic mass is 9.42. The van der Waals surface area contributed by atoms with Gasteiger partial charge in [0.15, 0.2) is 0 Å². The van der Waals surface area contributed by atoms with Gasteiger partial charge in [-0.1, -0.05) is 202 Å². The van der Waals surface area contributed by atoms with Gasteiger partial charge in [-0.15, -0.1) is 0 Å². The maximum absolute atomic E-state index is 2.66. The van der Waals surface area contributed by atoms with Crippen molar-refractivity contribution in [1.29, 1.82) is 0 Å². The smallest absolute Gasteiger partial charge is 0.333 e. The summed E-state index contributed by atoms with van der Waals surface area (Å²) in [6.07, 6.45) is 0. The minimum Gasteiger partial charge on any atom is -0.376 e. The third-order valence-corrected chi connectivity index (χ3v) is 15.9. The zero-order chi connectivity index (χ0) is 49.5. The van der Waals surface area contributed by atoms with E-state index in [1.54, 1.807) is 0 Å². The van der Waals surface area contributed by atoms with Crippen molar-refractivity contribution in [2.75, 3.05) is 14.6 Å². The number of aryl methyl sites for hydroxylation is 1. The van der Waals surface area contributed by atoms with Gasteiger partial charge in [-0.25, -0.2) is 0 Å². The number of fused-ring (bicyclic) bond motifs is 8. The number of hydrogen-bond acceptors (Lipinski definition) is 3. The molecule has 1 aliphatic carbocycles. The third-order valence-electron chi connectivity index (χ3n) is 15.9. The molecule has 2 heterocycles. The minimum absolute atomic E-state index is 0.197. The molecule has 2 aliphatic heterocycles. The fourth-order valence-corrected chi connectivity index (χ4v) is 12.5. The molecule has 0 N–H and O–H groups in total. The van der Waals surface area contributed by atoms with Gasteiger partial charge in [-0.3, -0.25) is 0 Å². The summed E-state index contributed by atoms with van der Waals surface area (Å²) in [7, 11) is 0. The number of anilines is 8. The van der Waals surface area contributed by atoms with Crippen LogP contribution in [0.25, 0.3) is 55.6 Å².